The molecule has 0 atom stereocenters. The molecule has 0 N–H and O–H groups in total. The van der Waals surface area contributed by atoms with E-state index in [0.717, 1.165) is 13.0 Å². The number of hydrogen-bond acceptors (Lipinski definition) is 6. The molecule has 0 bridgehead atoms. The summed E-state index contributed by atoms with van der Waals surface area (Å²) in [6, 6.07) is 8.90. The van der Waals surface area contributed by atoms with Crippen molar-refractivity contribution in [1.82, 2.24) is 0 Å². The molecule has 26 heavy (non-hydrogen) atoms. The van der Waals surface area contributed by atoms with Gasteiger partial charge in [0, 0.05) is 6.61 Å². The van der Waals surface area contributed by atoms with Crippen molar-refractivity contribution < 1.29 is 28.5 Å². The number of rotatable bonds is 17. The van der Waals surface area contributed by atoms with Crippen molar-refractivity contribution in [2.45, 2.75) is 26.2 Å². The van der Waals surface area contributed by atoms with Crippen LogP contribution in [0.3, 0.4) is 0 Å². The molecule has 0 saturated heterocycles. The summed E-state index contributed by atoms with van der Waals surface area (Å²) in [5, 5.41) is 0. The Morgan fingerprint density at radius 1 is 0.692 bits per heavy atom. The first kappa shape index (κ1) is 22.6. The maximum absolute atomic E-state index is 11.7. The summed E-state index contributed by atoms with van der Waals surface area (Å²) >= 11 is 0. The minimum Gasteiger partial charge on any atom is -0.460 e. The molecule has 0 heterocycles. The van der Waals surface area contributed by atoms with E-state index in [1.807, 2.05) is 6.07 Å². The van der Waals surface area contributed by atoms with Crippen LogP contribution in [0, 0.1) is 0 Å². The Morgan fingerprint density at radius 3 is 1.73 bits per heavy atom. The molecule has 6 nitrogen and oxygen atoms in total. The number of hydrogen-bond donors (Lipinski definition) is 0. The Kier molecular flexibility index (Phi) is 14.7. The lowest BCUT2D eigenvalue weighted by molar-refractivity contribution is -0.00912. The van der Waals surface area contributed by atoms with E-state index in [0.29, 0.717) is 51.8 Å². The molecule has 0 spiro atoms. The lowest BCUT2D eigenvalue weighted by Crippen LogP contribution is -2.14. The summed E-state index contributed by atoms with van der Waals surface area (Å²) < 4.78 is 26.7. The number of unbranched alkanes of at least 4 members (excludes halogenated alkanes) is 2. The fourth-order valence-corrected chi connectivity index (χ4v) is 2.07. The van der Waals surface area contributed by atoms with E-state index in [1.54, 1.807) is 24.3 Å². The molecule has 1 aromatic carbocycles. The molecule has 6 heteroatoms. The molecule has 1 rings (SSSR count). The van der Waals surface area contributed by atoms with Gasteiger partial charge in [0.25, 0.3) is 0 Å². The lowest BCUT2D eigenvalue weighted by Gasteiger charge is -2.08. The normalized spacial score (nSPS) is 10.8. The van der Waals surface area contributed by atoms with Crippen molar-refractivity contribution in [2.24, 2.45) is 0 Å². The fraction of sp³-hybridized carbons (Fsp3) is 0.650. The molecule has 0 unspecified atom stereocenters. The van der Waals surface area contributed by atoms with Gasteiger partial charge in [-0.05, 0) is 18.6 Å². The molecule has 0 aliphatic rings. The van der Waals surface area contributed by atoms with Gasteiger partial charge >= 0.3 is 5.97 Å². The van der Waals surface area contributed by atoms with Gasteiger partial charge < -0.3 is 23.7 Å². The quantitative estimate of drug-likeness (QED) is 0.311. The monoisotopic (exact) mass is 368 g/mol. The average molecular weight is 368 g/mol. The number of ether oxygens (including phenoxy) is 5. The van der Waals surface area contributed by atoms with Gasteiger partial charge in [-0.3, -0.25) is 0 Å². The third-order valence-corrected chi connectivity index (χ3v) is 3.48. The van der Waals surface area contributed by atoms with Crippen LogP contribution in [0.25, 0.3) is 0 Å². The Bertz CT molecular complexity index is 437. The second kappa shape index (κ2) is 17.0. The smallest absolute Gasteiger partial charge is 0.338 e. The lowest BCUT2D eigenvalue weighted by atomic mass is 10.2. The van der Waals surface area contributed by atoms with Gasteiger partial charge in [-0.25, -0.2) is 4.79 Å². The van der Waals surface area contributed by atoms with Gasteiger partial charge in [-0.15, -0.1) is 0 Å². The third kappa shape index (κ3) is 12.8. The Balaban J connectivity index is 1.76. The second-order valence-corrected chi connectivity index (χ2v) is 5.66. The van der Waals surface area contributed by atoms with E-state index in [4.69, 9.17) is 23.7 Å². The van der Waals surface area contributed by atoms with Crippen molar-refractivity contribution in [1.29, 1.82) is 0 Å². The Hall–Kier alpha value is -1.47. The highest BCUT2D eigenvalue weighted by atomic mass is 16.6. The van der Waals surface area contributed by atoms with Crippen LogP contribution in [-0.4, -0.2) is 65.4 Å². The van der Waals surface area contributed by atoms with E-state index in [9.17, 15) is 4.79 Å². The first-order chi connectivity index (χ1) is 12.8. The standard InChI is InChI=1S/C20H32O6/c1-2-3-7-10-22-11-12-23-13-14-24-15-16-25-17-18-26-20(21)19-8-5-4-6-9-19/h4-6,8-9H,2-3,7,10-18H2,1H3. The van der Waals surface area contributed by atoms with Crippen LogP contribution < -0.4 is 0 Å². The summed E-state index contributed by atoms with van der Waals surface area (Å²) in [5.41, 5.74) is 0.544. The number of carbonyl (C=O) groups is 1. The highest BCUT2D eigenvalue weighted by molar-refractivity contribution is 5.89. The van der Waals surface area contributed by atoms with E-state index in [-0.39, 0.29) is 12.6 Å². The van der Waals surface area contributed by atoms with E-state index in [1.165, 1.54) is 12.8 Å². The van der Waals surface area contributed by atoms with Crippen molar-refractivity contribution in [3.8, 4) is 0 Å². The zero-order valence-electron chi connectivity index (χ0n) is 15.8. The topological polar surface area (TPSA) is 63.2 Å². The van der Waals surface area contributed by atoms with Crippen molar-refractivity contribution in [2.75, 3.05) is 59.5 Å². The van der Waals surface area contributed by atoms with Gasteiger partial charge in [0.2, 0.25) is 0 Å². The van der Waals surface area contributed by atoms with Crippen LogP contribution in [0.15, 0.2) is 30.3 Å². The third-order valence-electron chi connectivity index (χ3n) is 3.48. The predicted molar refractivity (Wildman–Crippen MR) is 99.5 cm³/mol. The molecule has 1 aromatic rings. The maximum atomic E-state index is 11.7. The van der Waals surface area contributed by atoms with E-state index in [2.05, 4.69) is 6.92 Å². The Labute approximate surface area is 156 Å². The number of esters is 1. The van der Waals surface area contributed by atoms with Crippen LogP contribution >= 0.6 is 0 Å². The van der Waals surface area contributed by atoms with E-state index < -0.39 is 0 Å². The molecule has 0 saturated carbocycles. The van der Waals surface area contributed by atoms with Crippen LogP contribution in [-0.2, 0) is 23.7 Å². The van der Waals surface area contributed by atoms with Crippen molar-refractivity contribution in [3.05, 3.63) is 35.9 Å². The molecular formula is C20H32O6. The summed E-state index contributed by atoms with van der Waals surface area (Å²) in [6.07, 6.45) is 3.54. The average Bonchev–Trinajstić information content (AvgIpc) is 2.68. The number of benzene rings is 1. The molecular weight excluding hydrogens is 336 g/mol. The minimum absolute atomic E-state index is 0.231. The van der Waals surface area contributed by atoms with Gasteiger partial charge in [0.05, 0.1) is 51.8 Å². The molecule has 0 radical (unpaired) electrons. The largest absolute Gasteiger partial charge is 0.460 e. The van der Waals surface area contributed by atoms with Gasteiger partial charge in [0.1, 0.15) is 6.61 Å². The van der Waals surface area contributed by atoms with Crippen LogP contribution in [0.4, 0.5) is 0 Å². The zero-order valence-corrected chi connectivity index (χ0v) is 15.8. The molecule has 0 amide bonds. The highest BCUT2D eigenvalue weighted by Gasteiger charge is 2.04. The van der Waals surface area contributed by atoms with Gasteiger partial charge in [0.15, 0.2) is 0 Å². The molecule has 0 fully saturated rings. The summed E-state index contributed by atoms with van der Waals surface area (Å²) in [5.74, 6) is -0.336. The predicted octanol–water partition coefficient (Wildman–Crippen LogP) is 3.10. The van der Waals surface area contributed by atoms with Gasteiger partial charge in [-0.1, -0.05) is 38.0 Å². The Morgan fingerprint density at radius 2 is 1.19 bits per heavy atom. The summed E-state index contributed by atoms with van der Waals surface area (Å²) in [7, 11) is 0. The molecule has 0 aliphatic carbocycles. The van der Waals surface area contributed by atoms with Crippen LogP contribution in [0.5, 0.6) is 0 Å². The minimum atomic E-state index is -0.336. The van der Waals surface area contributed by atoms with Gasteiger partial charge in [-0.2, -0.15) is 0 Å². The summed E-state index contributed by atoms with van der Waals surface area (Å²) in [6.45, 7) is 6.83. The second-order valence-electron chi connectivity index (χ2n) is 5.66. The highest BCUT2D eigenvalue weighted by Crippen LogP contribution is 2.00. The first-order valence-electron chi connectivity index (χ1n) is 9.37. The zero-order chi connectivity index (χ0) is 18.7. The SMILES string of the molecule is CCCCCOCCOCCOCCOCCOC(=O)c1ccccc1. The molecule has 0 aliphatic heterocycles. The van der Waals surface area contributed by atoms with Crippen molar-refractivity contribution in [3.63, 3.8) is 0 Å². The van der Waals surface area contributed by atoms with Crippen LogP contribution in [0.1, 0.15) is 36.5 Å². The van der Waals surface area contributed by atoms with Crippen molar-refractivity contribution >= 4 is 5.97 Å². The number of carbonyl (C=O) groups excluding carboxylic acids is 1. The summed E-state index contributed by atoms with van der Waals surface area (Å²) in [4.78, 5) is 11.7. The molecule has 148 valence electrons. The maximum Gasteiger partial charge on any atom is 0.338 e. The molecule has 0 aromatic heterocycles. The van der Waals surface area contributed by atoms with Crippen LogP contribution in [0.2, 0.25) is 0 Å². The van der Waals surface area contributed by atoms with E-state index >= 15 is 0 Å². The fourth-order valence-electron chi connectivity index (χ4n) is 2.07. The first-order valence-corrected chi connectivity index (χ1v) is 9.37.